The van der Waals surface area contributed by atoms with Crippen LogP contribution in [0.15, 0.2) is 53.4 Å². The zero-order chi connectivity index (χ0) is 19.7. The molecule has 7 heteroatoms. The van der Waals surface area contributed by atoms with Gasteiger partial charge in [-0.3, -0.25) is 9.10 Å². The molecule has 0 radical (unpaired) electrons. The average molecular weight is 401 g/mol. The minimum Gasteiger partial charge on any atom is -0.476 e. The van der Waals surface area contributed by atoms with Gasteiger partial charge in [-0.05, 0) is 48.6 Å². The number of anilines is 1. The molecule has 1 saturated carbocycles. The predicted octanol–water partition coefficient (Wildman–Crippen LogP) is 3.18. The van der Waals surface area contributed by atoms with Gasteiger partial charge in [0.25, 0.3) is 15.9 Å². The number of hydrogen-bond acceptors (Lipinski definition) is 4. The van der Waals surface area contributed by atoms with E-state index in [1.54, 1.807) is 36.4 Å². The highest BCUT2D eigenvalue weighted by Gasteiger charge is 2.36. The number of fused-ring (bicyclic) bond motifs is 1. The number of carbonyl (C=O) groups is 1. The van der Waals surface area contributed by atoms with Gasteiger partial charge in [0.05, 0.1) is 17.1 Å². The van der Waals surface area contributed by atoms with Gasteiger partial charge in [0.15, 0.2) is 6.10 Å². The number of amides is 1. The Labute approximate surface area is 165 Å². The van der Waals surface area contributed by atoms with Crippen molar-refractivity contribution in [3.8, 4) is 5.75 Å². The fourth-order valence-electron chi connectivity index (χ4n) is 4.05. The van der Waals surface area contributed by atoms with Gasteiger partial charge in [-0.2, -0.15) is 0 Å². The van der Waals surface area contributed by atoms with E-state index >= 15 is 0 Å². The maximum absolute atomic E-state index is 13.3. The Morgan fingerprint density at radius 1 is 1.00 bits per heavy atom. The molecule has 148 valence electrons. The molecule has 2 aromatic carbocycles. The Balaban J connectivity index is 1.66. The first-order valence-corrected chi connectivity index (χ1v) is 11.1. The Kier molecular flexibility index (Phi) is 5.02. The number of primary amides is 1. The van der Waals surface area contributed by atoms with E-state index in [2.05, 4.69) is 0 Å². The molecule has 1 amide bonds. The minimum absolute atomic E-state index is 0.140. The third kappa shape index (κ3) is 3.46. The van der Waals surface area contributed by atoms with Gasteiger partial charge in [-0.15, -0.1) is 0 Å². The standard InChI is InChI=1S/C21H24N2O4S/c22-21(24)20-14-23(18-8-4-5-9-19(18)27-20)28(25,26)17-12-10-16(11-13-17)15-6-2-1-3-7-15/h4-5,8-13,15,20H,1-3,6-7,14H2,(H2,22,24)/t20-/m1/s1. The zero-order valence-electron chi connectivity index (χ0n) is 15.6. The van der Waals surface area contributed by atoms with Crippen LogP contribution in [0.25, 0.3) is 0 Å². The van der Waals surface area contributed by atoms with Crippen molar-refractivity contribution in [2.45, 2.75) is 49.0 Å². The molecule has 2 aromatic rings. The number of nitrogens with zero attached hydrogens (tertiary/aromatic N) is 1. The molecule has 4 rings (SSSR count). The number of ether oxygens (including phenoxy) is 1. The molecule has 2 N–H and O–H groups in total. The van der Waals surface area contributed by atoms with Crippen LogP contribution in [0.1, 0.15) is 43.6 Å². The van der Waals surface area contributed by atoms with Crippen LogP contribution in [-0.2, 0) is 14.8 Å². The molecule has 0 bridgehead atoms. The van der Waals surface area contributed by atoms with Gasteiger partial charge in [0.2, 0.25) is 0 Å². The zero-order valence-corrected chi connectivity index (χ0v) is 16.4. The monoisotopic (exact) mass is 400 g/mol. The number of para-hydroxylation sites is 2. The van der Waals surface area contributed by atoms with Crippen molar-refractivity contribution in [1.82, 2.24) is 0 Å². The van der Waals surface area contributed by atoms with Crippen molar-refractivity contribution in [3.05, 3.63) is 54.1 Å². The van der Waals surface area contributed by atoms with Gasteiger partial charge in [0.1, 0.15) is 5.75 Å². The molecule has 1 fully saturated rings. The number of benzene rings is 2. The highest BCUT2D eigenvalue weighted by molar-refractivity contribution is 7.92. The van der Waals surface area contributed by atoms with Crippen LogP contribution >= 0.6 is 0 Å². The maximum Gasteiger partial charge on any atom is 0.264 e. The Hall–Kier alpha value is -2.54. The van der Waals surface area contributed by atoms with E-state index in [0.717, 1.165) is 12.8 Å². The molecule has 1 heterocycles. The summed E-state index contributed by atoms with van der Waals surface area (Å²) in [6.45, 7) is -0.140. The molecular formula is C21H24N2O4S. The molecule has 6 nitrogen and oxygen atoms in total. The fourth-order valence-corrected chi connectivity index (χ4v) is 5.53. The molecule has 0 saturated heterocycles. The number of sulfonamides is 1. The van der Waals surface area contributed by atoms with Gasteiger partial charge >= 0.3 is 0 Å². The molecule has 0 spiro atoms. The largest absolute Gasteiger partial charge is 0.476 e. The number of carbonyl (C=O) groups excluding carboxylic acids is 1. The summed E-state index contributed by atoms with van der Waals surface area (Å²) in [5.41, 5.74) is 6.99. The molecule has 2 aliphatic rings. The molecule has 28 heavy (non-hydrogen) atoms. The Bertz CT molecular complexity index is 966. The lowest BCUT2D eigenvalue weighted by Gasteiger charge is -2.34. The van der Waals surface area contributed by atoms with Crippen LogP contribution in [0.4, 0.5) is 5.69 Å². The third-order valence-corrected chi connectivity index (χ3v) is 7.39. The van der Waals surface area contributed by atoms with Crippen molar-refractivity contribution < 1.29 is 17.9 Å². The summed E-state index contributed by atoms with van der Waals surface area (Å²) < 4.78 is 33.4. The summed E-state index contributed by atoms with van der Waals surface area (Å²) in [4.78, 5) is 11.9. The van der Waals surface area contributed by atoms with Gasteiger partial charge < -0.3 is 10.5 Å². The van der Waals surface area contributed by atoms with Gasteiger partial charge in [-0.1, -0.05) is 43.5 Å². The predicted molar refractivity (Wildman–Crippen MR) is 107 cm³/mol. The first-order valence-electron chi connectivity index (χ1n) is 9.64. The molecule has 1 atom stereocenters. The molecule has 0 aromatic heterocycles. The summed E-state index contributed by atoms with van der Waals surface area (Å²) in [6.07, 6.45) is 5.02. The fraction of sp³-hybridized carbons (Fsp3) is 0.381. The second kappa shape index (κ2) is 7.47. The van der Waals surface area contributed by atoms with E-state index in [1.165, 1.54) is 29.1 Å². The lowest BCUT2D eigenvalue weighted by Crippen LogP contribution is -2.49. The van der Waals surface area contributed by atoms with Crippen LogP contribution in [0.5, 0.6) is 5.75 Å². The van der Waals surface area contributed by atoms with Crippen LogP contribution in [-0.4, -0.2) is 27.0 Å². The van der Waals surface area contributed by atoms with E-state index in [0.29, 0.717) is 17.4 Å². The summed E-state index contributed by atoms with van der Waals surface area (Å²) in [7, 11) is -3.84. The Morgan fingerprint density at radius 2 is 1.68 bits per heavy atom. The average Bonchev–Trinajstić information content (AvgIpc) is 2.73. The first kappa shape index (κ1) is 18.8. The highest BCUT2D eigenvalue weighted by atomic mass is 32.2. The smallest absolute Gasteiger partial charge is 0.264 e. The lowest BCUT2D eigenvalue weighted by atomic mass is 9.84. The third-order valence-electron chi connectivity index (χ3n) is 5.60. The number of hydrogen-bond donors (Lipinski definition) is 1. The lowest BCUT2D eigenvalue weighted by molar-refractivity contribution is -0.124. The summed E-state index contributed by atoms with van der Waals surface area (Å²) in [5, 5.41) is 0. The Morgan fingerprint density at radius 3 is 2.36 bits per heavy atom. The number of rotatable bonds is 4. The van der Waals surface area contributed by atoms with Crippen LogP contribution in [0.2, 0.25) is 0 Å². The van der Waals surface area contributed by atoms with E-state index in [1.807, 2.05) is 12.1 Å². The van der Waals surface area contributed by atoms with Crippen LogP contribution in [0.3, 0.4) is 0 Å². The van der Waals surface area contributed by atoms with E-state index in [9.17, 15) is 13.2 Å². The van der Waals surface area contributed by atoms with Crippen molar-refractivity contribution in [2.24, 2.45) is 5.73 Å². The second-order valence-electron chi connectivity index (χ2n) is 7.42. The van der Waals surface area contributed by atoms with Crippen molar-refractivity contribution in [3.63, 3.8) is 0 Å². The molecule has 1 aliphatic heterocycles. The quantitative estimate of drug-likeness (QED) is 0.854. The van der Waals surface area contributed by atoms with Gasteiger partial charge in [-0.25, -0.2) is 8.42 Å². The van der Waals surface area contributed by atoms with Crippen LogP contribution in [0, 0.1) is 0 Å². The van der Waals surface area contributed by atoms with Crippen molar-refractivity contribution in [2.75, 3.05) is 10.8 Å². The highest BCUT2D eigenvalue weighted by Crippen LogP contribution is 2.37. The first-order chi connectivity index (χ1) is 13.5. The van der Waals surface area contributed by atoms with Crippen LogP contribution < -0.4 is 14.8 Å². The summed E-state index contributed by atoms with van der Waals surface area (Å²) in [6, 6.07) is 13.9. The van der Waals surface area contributed by atoms with E-state index in [-0.39, 0.29) is 11.4 Å². The van der Waals surface area contributed by atoms with E-state index in [4.69, 9.17) is 10.5 Å². The summed E-state index contributed by atoms with van der Waals surface area (Å²) >= 11 is 0. The number of nitrogens with two attached hydrogens (primary N) is 1. The second-order valence-corrected chi connectivity index (χ2v) is 9.28. The minimum atomic E-state index is -3.84. The maximum atomic E-state index is 13.3. The van der Waals surface area contributed by atoms with Crippen molar-refractivity contribution in [1.29, 1.82) is 0 Å². The molecule has 1 aliphatic carbocycles. The molecule has 0 unspecified atom stereocenters. The van der Waals surface area contributed by atoms with E-state index < -0.39 is 22.0 Å². The van der Waals surface area contributed by atoms with Gasteiger partial charge in [0, 0.05) is 0 Å². The summed E-state index contributed by atoms with van der Waals surface area (Å²) in [5.74, 6) is 0.149. The topological polar surface area (TPSA) is 89.7 Å². The normalized spacial score (nSPS) is 20.3. The van der Waals surface area contributed by atoms with Crippen molar-refractivity contribution >= 4 is 21.6 Å². The molecular weight excluding hydrogens is 376 g/mol. The SMILES string of the molecule is NC(=O)[C@H]1CN(S(=O)(=O)c2ccc(C3CCCCC3)cc2)c2ccccc2O1.